The maximum Gasteiger partial charge on any atom is 0.413 e. The van der Waals surface area contributed by atoms with Gasteiger partial charge < -0.3 is 15.4 Å². The van der Waals surface area contributed by atoms with Gasteiger partial charge in [0, 0.05) is 32.6 Å². The highest BCUT2D eigenvalue weighted by Crippen LogP contribution is 2.32. The van der Waals surface area contributed by atoms with Crippen molar-refractivity contribution < 1.29 is 19.1 Å². The number of benzene rings is 3. The number of nitrogens with one attached hydrogen (secondary N) is 3. The van der Waals surface area contributed by atoms with E-state index in [1.54, 1.807) is 30.3 Å². The average molecular weight is 538 g/mol. The number of hydrogen-bond donors (Lipinski definition) is 3. The number of imidazole rings is 1. The molecule has 1 heterocycles. The highest BCUT2D eigenvalue weighted by molar-refractivity contribution is 7.99. The molecule has 4 aromatic rings. The van der Waals surface area contributed by atoms with Gasteiger partial charge in [0.1, 0.15) is 0 Å². The highest BCUT2D eigenvalue weighted by Gasteiger charge is 2.20. The number of halogens is 1. The number of carbonyl (C=O) groups excluding carboxylic acids is 3. The lowest BCUT2D eigenvalue weighted by Gasteiger charge is -2.10. The van der Waals surface area contributed by atoms with Gasteiger partial charge in [-0.1, -0.05) is 30.3 Å². The predicted molar refractivity (Wildman–Crippen MR) is 146 cm³/mol. The molecule has 3 aromatic carbocycles. The van der Waals surface area contributed by atoms with Crippen molar-refractivity contribution in [3.05, 3.63) is 71.8 Å². The van der Waals surface area contributed by atoms with Crippen molar-refractivity contribution in [3.63, 3.8) is 0 Å². The number of carbonyl (C=O) groups is 3. The molecule has 3 amide bonds. The third-order valence-corrected chi connectivity index (χ3v) is 6.42. The number of hydrogen-bond acceptors (Lipinski definition) is 6. The third-order valence-electron chi connectivity index (χ3n) is 5.17. The summed E-state index contributed by atoms with van der Waals surface area (Å²) in [5.41, 5.74) is 2.27. The van der Waals surface area contributed by atoms with E-state index in [0.29, 0.717) is 28.2 Å². The number of rotatable bonds is 7. The molecule has 0 aliphatic carbocycles. The summed E-state index contributed by atoms with van der Waals surface area (Å²) in [6, 6.07) is 19.1. The first-order chi connectivity index (χ1) is 17.9. The summed E-state index contributed by atoms with van der Waals surface area (Å²) in [5.74, 6) is 0.00282. The van der Waals surface area contributed by atoms with E-state index < -0.39 is 12.1 Å². The molecule has 9 nitrogen and oxygen atoms in total. The Kier molecular flexibility index (Phi) is 8.32. The molecule has 0 bridgehead atoms. The normalized spacial score (nSPS) is 10.7. The van der Waals surface area contributed by atoms with Gasteiger partial charge in [-0.2, -0.15) is 0 Å². The van der Waals surface area contributed by atoms with E-state index in [2.05, 4.69) is 25.7 Å². The van der Waals surface area contributed by atoms with E-state index in [1.807, 2.05) is 43.3 Å². The monoisotopic (exact) mass is 537 g/mol. The van der Waals surface area contributed by atoms with E-state index in [0.717, 1.165) is 21.9 Å². The van der Waals surface area contributed by atoms with Gasteiger partial charge in [-0.3, -0.25) is 10.1 Å². The van der Waals surface area contributed by atoms with Crippen molar-refractivity contribution in [1.82, 2.24) is 9.55 Å². The fourth-order valence-corrected chi connectivity index (χ4v) is 4.44. The van der Waals surface area contributed by atoms with E-state index in [-0.39, 0.29) is 11.9 Å². The molecule has 0 saturated carbocycles. The number of anilines is 3. The van der Waals surface area contributed by atoms with Crippen molar-refractivity contribution in [2.24, 2.45) is 0 Å². The topological polar surface area (TPSA) is 114 Å². The van der Waals surface area contributed by atoms with Gasteiger partial charge in [-0.25, -0.2) is 19.1 Å². The maximum absolute atomic E-state index is 13.1. The average Bonchev–Trinajstić information content (AvgIpc) is 3.23. The van der Waals surface area contributed by atoms with Crippen LogP contribution < -0.4 is 16.0 Å². The van der Waals surface area contributed by atoms with Crippen molar-refractivity contribution in [3.8, 4) is 0 Å². The predicted octanol–water partition coefficient (Wildman–Crippen LogP) is 6.84. The standard InChI is InChI=1S/C26H24ClN5O4S/c1-3-4-23(33)28-17-9-11-19(12-10-17)37-20-13-14-22-21(15-20)30-24(31-26(35)36-2)32(22)25(34)29-18-7-5-16(27)6-8-18/h5-15H,3-4H2,1-2H3,(H,28,33)(H,29,34)(H,30,31,35). The molecule has 0 aliphatic heterocycles. The van der Waals surface area contributed by atoms with E-state index in [9.17, 15) is 14.4 Å². The molecule has 0 atom stereocenters. The van der Waals surface area contributed by atoms with E-state index >= 15 is 0 Å². The van der Waals surface area contributed by atoms with Gasteiger partial charge in [0.05, 0.1) is 18.1 Å². The molecule has 0 fully saturated rings. The minimum atomic E-state index is -0.753. The molecule has 3 N–H and O–H groups in total. The molecule has 0 spiro atoms. The number of aromatic nitrogens is 2. The molecule has 4 rings (SSSR count). The van der Waals surface area contributed by atoms with E-state index in [1.165, 1.54) is 23.4 Å². The van der Waals surface area contributed by atoms with Crippen LogP contribution in [0.5, 0.6) is 0 Å². The Balaban J connectivity index is 1.58. The third kappa shape index (κ3) is 6.60. The lowest BCUT2D eigenvalue weighted by Crippen LogP contribution is -2.23. The minimum Gasteiger partial charge on any atom is -0.453 e. The van der Waals surface area contributed by atoms with Crippen LogP contribution in [0.3, 0.4) is 0 Å². The fraction of sp³-hybridized carbons (Fsp3) is 0.154. The summed E-state index contributed by atoms with van der Waals surface area (Å²) in [5, 5.41) is 8.68. The Bertz CT molecular complexity index is 1440. The van der Waals surface area contributed by atoms with Gasteiger partial charge >= 0.3 is 12.1 Å². The van der Waals surface area contributed by atoms with Crippen molar-refractivity contribution in [1.29, 1.82) is 0 Å². The molecule has 1 aromatic heterocycles. The molecule has 0 unspecified atom stereocenters. The van der Waals surface area contributed by atoms with Crippen molar-refractivity contribution >= 4 is 69.8 Å². The quantitative estimate of drug-likeness (QED) is 0.238. The van der Waals surface area contributed by atoms with Gasteiger partial charge in [-0.05, 0) is 73.2 Å². The summed E-state index contributed by atoms with van der Waals surface area (Å²) in [6.45, 7) is 1.96. The van der Waals surface area contributed by atoms with Crippen LogP contribution in [0.2, 0.25) is 5.02 Å². The van der Waals surface area contributed by atoms with Crippen LogP contribution in [0.1, 0.15) is 19.8 Å². The number of nitrogens with zero attached hydrogens (tertiary/aromatic N) is 2. The summed E-state index contributed by atoms with van der Waals surface area (Å²) in [4.78, 5) is 43.1. The van der Waals surface area contributed by atoms with Gasteiger partial charge in [0.2, 0.25) is 11.9 Å². The lowest BCUT2D eigenvalue weighted by atomic mass is 10.3. The number of amides is 3. The Morgan fingerprint density at radius 3 is 2.24 bits per heavy atom. The van der Waals surface area contributed by atoms with Crippen LogP contribution in [-0.4, -0.2) is 34.7 Å². The molecular weight excluding hydrogens is 514 g/mol. The van der Waals surface area contributed by atoms with Crippen LogP contribution in [0, 0.1) is 0 Å². The molecule has 11 heteroatoms. The highest BCUT2D eigenvalue weighted by atomic mass is 35.5. The second kappa shape index (κ2) is 11.8. The molecule has 0 radical (unpaired) electrons. The van der Waals surface area contributed by atoms with Gasteiger partial charge in [0.25, 0.3) is 0 Å². The van der Waals surface area contributed by atoms with Crippen molar-refractivity contribution in [2.75, 3.05) is 23.1 Å². The van der Waals surface area contributed by atoms with Crippen LogP contribution in [-0.2, 0) is 9.53 Å². The Morgan fingerprint density at radius 1 is 0.919 bits per heavy atom. The summed E-state index contributed by atoms with van der Waals surface area (Å²) in [7, 11) is 1.23. The number of ether oxygens (including phenoxy) is 1. The molecule has 0 aliphatic rings. The van der Waals surface area contributed by atoms with E-state index in [4.69, 9.17) is 11.6 Å². The first-order valence-electron chi connectivity index (χ1n) is 11.4. The molecule has 0 saturated heterocycles. The minimum absolute atomic E-state index is 0.0135. The molecule has 37 heavy (non-hydrogen) atoms. The van der Waals surface area contributed by atoms with Crippen LogP contribution >= 0.6 is 23.4 Å². The molecule has 190 valence electrons. The SMILES string of the molecule is CCCC(=O)Nc1ccc(Sc2ccc3c(c2)nc(NC(=O)OC)n3C(=O)Nc2ccc(Cl)cc2)cc1. The maximum atomic E-state index is 13.1. The van der Waals surface area contributed by atoms with Crippen LogP contribution in [0.4, 0.5) is 26.9 Å². The number of fused-ring (bicyclic) bond motifs is 1. The summed E-state index contributed by atoms with van der Waals surface area (Å²) >= 11 is 7.43. The zero-order valence-corrected chi connectivity index (χ0v) is 21.7. The Hall–Kier alpha value is -4.02. The smallest absolute Gasteiger partial charge is 0.413 e. The largest absolute Gasteiger partial charge is 0.453 e. The first kappa shape index (κ1) is 26.1. The first-order valence-corrected chi connectivity index (χ1v) is 12.6. The zero-order chi connectivity index (χ0) is 26.4. The van der Waals surface area contributed by atoms with Crippen LogP contribution in [0.25, 0.3) is 11.0 Å². The fourth-order valence-electron chi connectivity index (χ4n) is 3.46. The second-order valence-corrected chi connectivity index (χ2v) is 9.48. The second-order valence-electron chi connectivity index (χ2n) is 7.90. The van der Waals surface area contributed by atoms with Gasteiger partial charge in [-0.15, -0.1) is 0 Å². The lowest BCUT2D eigenvalue weighted by molar-refractivity contribution is -0.116. The zero-order valence-electron chi connectivity index (χ0n) is 20.1. The number of methoxy groups -OCH3 is 1. The van der Waals surface area contributed by atoms with Gasteiger partial charge in [0.15, 0.2) is 0 Å². The Labute approximate surface area is 222 Å². The summed E-state index contributed by atoms with van der Waals surface area (Å²) in [6.07, 6.45) is 0.516. The summed E-state index contributed by atoms with van der Waals surface area (Å²) < 4.78 is 5.95. The molecular formula is C26H24ClN5O4S. The van der Waals surface area contributed by atoms with Crippen molar-refractivity contribution in [2.45, 2.75) is 29.6 Å². The van der Waals surface area contributed by atoms with Crippen LogP contribution in [0.15, 0.2) is 76.5 Å². The Morgan fingerprint density at radius 2 is 1.57 bits per heavy atom.